The molecule has 0 radical (unpaired) electrons. The molecule has 0 bridgehead atoms. The fraction of sp³-hybridized carbons (Fsp3) is 1.00. The molecule has 0 aromatic heterocycles. The lowest BCUT2D eigenvalue weighted by Gasteiger charge is -2.37. The third-order valence-electron chi connectivity index (χ3n) is 4.21. The van der Waals surface area contributed by atoms with Crippen molar-refractivity contribution in [2.45, 2.75) is 77.9 Å². The topological polar surface area (TPSA) is 32.3 Å². The molecule has 0 spiro atoms. The van der Waals surface area contributed by atoms with Crippen molar-refractivity contribution in [3.8, 4) is 0 Å². The van der Waals surface area contributed by atoms with E-state index in [0.29, 0.717) is 6.04 Å². The van der Waals surface area contributed by atoms with Crippen molar-refractivity contribution in [1.29, 1.82) is 0 Å². The molecular formula is C15H31NO. The van der Waals surface area contributed by atoms with Crippen LogP contribution in [0.3, 0.4) is 0 Å². The largest absolute Gasteiger partial charge is 0.389 e. The molecule has 0 aliphatic heterocycles. The maximum atomic E-state index is 10.2. The van der Waals surface area contributed by atoms with Crippen LogP contribution in [0, 0.1) is 11.8 Å². The van der Waals surface area contributed by atoms with Crippen LogP contribution in [-0.4, -0.2) is 23.3 Å². The quantitative estimate of drug-likeness (QED) is 0.747. The molecule has 17 heavy (non-hydrogen) atoms. The third-order valence-corrected chi connectivity index (χ3v) is 4.21. The van der Waals surface area contributed by atoms with Gasteiger partial charge in [-0.3, -0.25) is 0 Å². The zero-order valence-electron chi connectivity index (χ0n) is 12.1. The van der Waals surface area contributed by atoms with Gasteiger partial charge in [-0.2, -0.15) is 0 Å². The molecule has 2 heteroatoms. The van der Waals surface area contributed by atoms with E-state index in [1.165, 1.54) is 25.7 Å². The Morgan fingerprint density at radius 2 is 1.94 bits per heavy atom. The molecule has 3 atom stereocenters. The van der Waals surface area contributed by atoms with Gasteiger partial charge in [0.1, 0.15) is 0 Å². The van der Waals surface area contributed by atoms with Crippen LogP contribution in [0.2, 0.25) is 0 Å². The Hall–Kier alpha value is -0.0800. The van der Waals surface area contributed by atoms with Crippen molar-refractivity contribution < 1.29 is 5.11 Å². The van der Waals surface area contributed by atoms with Crippen LogP contribution in [0.15, 0.2) is 0 Å². The summed E-state index contributed by atoms with van der Waals surface area (Å²) in [5.41, 5.74) is -0.534. The van der Waals surface area contributed by atoms with Gasteiger partial charge in [0.15, 0.2) is 0 Å². The van der Waals surface area contributed by atoms with Gasteiger partial charge in [-0.25, -0.2) is 0 Å². The van der Waals surface area contributed by atoms with Gasteiger partial charge in [0.05, 0.1) is 5.60 Å². The fourth-order valence-electron chi connectivity index (χ4n) is 3.19. The van der Waals surface area contributed by atoms with E-state index in [4.69, 9.17) is 0 Å². The molecular weight excluding hydrogens is 210 g/mol. The number of nitrogens with one attached hydrogen (secondary N) is 1. The number of rotatable bonds is 6. The second-order valence-electron chi connectivity index (χ2n) is 6.43. The first-order valence-corrected chi connectivity index (χ1v) is 7.42. The van der Waals surface area contributed by atoms with Gasteiger partial charge in [0.2, 0.25) is 0 Å². The minimum atomic E-state index is -0.534. The molecule has 2 nitrogen and oxygen atoms in total. The first-order valence-electron chi connectivity index (χ1n) is 7.42. The molecule has 1 aliphatic carbocycles. The zero-order valence-corrected chi connectivity index (χ0v) is 12.1. The Balaban J connectivity index is 2.43. The summed E-state index contributed by atoms with van der Waals surface area (Å²) in [5.74, 6) is 1.55. The maximum absolute atomic E-state index is 10.2. The predicted molar refractivity (Wildman–Crippen MR) is 74.1 cm³/mol. The van der Waals surface area contributed by atoms with E-state index in [0.717, 1.165) is 31.2 Å². The monoisotopic (exact) mass is 241 g/mol. The first-order chi connectivity index (χ1) is 7.96. The Morgan fingerprint density at radius 3 is 2.53 bits per heavy atom. The lowest BCUT2D eigenvalue weighted by molar-refractivity contribution is 0.0406. The maximum Gasteiger partial charge on any atom is 0.0743 e. The van der Waals surface area contributed by atoms with Crippen LogP contribution in [0.25, 0.3) is 0 Å². The molecule has 1 saturated carbocycles. The second-order valence-corrected chi connectivity index (χ2v) is 6.43. The summed E-state index contributed by atoms with van der Waals surface area (Å²) in [6.45, 7) is 9.49. The summed E-state index contributed by atoms with van der Waals surface area (Å²) in [6.07, 6.45) is 7.30. The van der Waals surface area contributed by atoms with Gasteiger partial charge in [-0.1, -0.05) is 40.0 Å². The van der Waals surface area contributed by atoms with Gasteiger partial charge < -0.3 is 10.4 Å². The minimum absolute atomic E-state index is 0.534. The second kappa shape index (κ2) is 6.75. The summed E-state index contributed by atoms with van der Waals surface area (Å²) in [6, 6.07) is 0.618. The average molecular weight is 241 g/mol. The molecule has 2 N–H and O–H groups in total. The van der Waals surface area contributed by atoms with Gasteiger partial charge in [-0.05, 0) is 38.0 Å². The van der Waals surface area contributed by atoms with Crippen LogP contribution >= 0.6 is 0 Å². The molecule has 1 fully saturated rings. The van der Waals surface area contributed by atoms with E-state index in [-0.39, 0.29) is 0 Å². The highest BCUT2D eigenvalue weighted by Gasteiger charge is 2.29. The summed E-state index contributed by atoms with van der Waals surface area (Å²) in [7, 11) is 0. The van der Waals surface area contributed by atoms with Crippen LogP contribution in [0.1, 0.15) is 66.2 Å². The lowest BCUT2D eigenvalue weighted by Crippen LogP contribution is -2.47. The highest BCUT2D eigenvalue weighted by molar-refractivity contribution is 4.85. The molecule has 0 saturated heterocycles. The number of aliphatic hydroxyl groups is 1. The van der Waals surface area contributed by atoms with Crippen molar-refractivity contribution in [2.75, 3.05) is 6.54 Å². The lowest BCUT2D eigenvalue weighted by atomic mass is 9.77. The van der Waals surface area contributed by atoms with Gasteiger partial charge >= 0.3 is 0 Å². The van der Waals surface area contributed by atoms with E-state index in [2.05, 4.69) is 26.1 Å². The summed E-state index contributed by atoms with van der Waals surface area (Å²) in [4.78, 5) is 0. The van der Waals surface area contributed by atoms with Crippen molar-refractivity contribution in [2.24, 2.45) is 11.8 Å². The first kappa shape index (κ1) is 15.0. The van der Waals surface area contributed by atoms with Crippen molar-refractivity contribution in [3.05, 3.63) is 0 Å². The highest BCUT2D eigenvalue weighted by Crippen LogP contribution is 2.30. The van der Waals surface area contributed by atoms with E-state index in [1.54, 1.807) is 0 Å². The zero-order chi connectivity index (χ0) is 12.9. The fourth-order valence-corrected chi connectivity index (χ4v) is 3.19. The molecule has 3 unspecified atom stereocenters. The van der Waals surface area contributed by atoms with Crippen molar-refractivity contribution in [1.82, 2.24) is 5.32 Å². The summed E-state index contributed by atoms with van der Waals surface area (Å²) in [5, 5.41) is 13.8. The van der Waals surface area contributed by atoms with Crippen molar-refractivity contribution >= 4 is 0 Å². The molecule has 0 aromatic carbocycles. The summed E-state index contributed by atoms with van der Waals surface area (Å²) < 4.78 is 0. The van der Waals surface area contributed by atoms with Gasteiger partial charge in [-0.15, -0.1) is 0 Å². The molecule has 1 rings (SSSR count). The minimum Gasteiger partial charge on any atom is -0.389 e. The van der Waals surface area contributed by atoms with E-state index in [1.807, 2.05) is 6.92 Å². The standard InChI is InChI=1S/C15H31NO/c1-5-10-15(4,17)11-16-14-9-7-6-8-13(14)12(2)3/h12-14,16-17H,5-11H2,1-4H3. The Morgan fingerprint density at radius 1 is 1.29 bits per heavy atom. The highest BCUT2D eigenvalue weighted by atomic mass is 16.3. The molecule has 102 valence electrons. The van der Waals surface area contributed by atoms with Crippen LogP contribution in [0.4, 0.5) is 0 Å². The SMILES string of the molecule is CCCC(C)(O)CNC1CCCCC1C(C)C. The molecule has 1 aliphatic rings. The summed E-state index contributed by atoms with van der Waals surface area (Å²) >= 11 is 0. The van der Waals surface area contributed by atoms with Gasteiger partial charge in [0.25, 0.3) is 0 Å². The smallest absolute Gasteiger partial charge is 0.0743 e. The Bertz CT molecular complexity index is 213. The predicted octanol–water partition coefficient (Wildman–Crippen LogP) is 3.34. The average Bonchev–Trinajstić information content (AvgIpc) is 2.27. The normalized spacial score (nSPS) is 29.3. The Kier molecular flexibility index (Phi) is 5.94. The van der Waals surface area contributed by atoms with Crippen LogP contribution in [0.5, 0.6) is 0 Å². The molecule has 0 heterocycles. The van der Waals surface area contributed by atoms with Crippen LogP contribution < -0.4 is 5.32 Å². The number of hydrogen-bond acceptors (Lipinski definition) is 2. The Labute approximate surface area is 107 Å². The number of hydrogen-bond donors (Lipinski definition) is 2. The van der Waals surface area contributed by atoms with E-state index < -0.39 is 5.60 Å². The van der Waals surface area contributed by atoms with Gasteiger partial charge in [0, 0.05) is 12.6 Å². The van der Waals surface area contributed by atoms with E-state index in [9.17, 15) is 5.11 Å². The van der Waals surface area contributed by atoms with E-state index >= 15 is 0 Å². The molecule has 0 aromatic rings. The van der Waals surface area contributed by atoms with Crippen molar-refractivity contribution in [3.63, 3.8) is 0 Å². The third kappa shape index (κ3) is 4.97. The van der Waals surface area contributed by atoms with Crippen LogP contribution in [-0.2, 0) is 0 Å². The molecule has 0 amide bonds.